The fourth-order valence-corrected chi connectivity index (χ4v) is 3.69. The second kappa shape index (κ2) is 6.82. The van der Waals surface area contributed by atoms with Crippen molar-refractivity contribution in [2.45, 2.75) is 38.8 Å². The van der Waals surface area contributed by atoms with Gasteiger partial charge in [-0.25, -0.2) is 4.39 Å². The molecule has 19 heavy (non-hydrogen) atoms. The van der Waals surface area contributed by atoms with Gasteiger partial charge >= 0.3 is 0 Å². The van der Waals surface area contributed by atoms with E-state index in [9.17, 15) is 4.39 Å². The van der Waals surface area contributed by atoms with Crippen LogP contribution in [0.5, 0.6) is 0 Å². The molecule has 1 aromatic rings. The molecule has 2 unspecified atom stereocenters. The monoisotopic (exact) mass is 328 g/mol. The van der Waals surface area contributed by atoms with E-state index in [2.05, 4.69) is 27.8 Å². The molecule has 0 aromatic heterocycles. The van der Waals surface area contributed by atoms with Gasteiger partial charge in [0.2, 0.25) is 0 Å². The second-order valence-electron chi connectivity index (χ2n) is 5.33. The molecule has 1 aromatic carbocycles. The molecule has 1 fully saturated rings. The number of halogens is 2. The molecule has 0 aliphatic heterocycles. The Morgan fingerprint density at radius 2 is 2.16 bits per heavy atom. The first-order chi connectivity index (χ1) is 9.13. The fraction of sp³-hybridized carbons (Fsp3) is 0.600. The van der Waals surface area contributed by atoms with E-state index in [1.165, 1.54) is 25.3 Å². The van der Waals surface area contributed by atoms with Crippen molar-refractivity contribution in [2.24, 2.45) is 11.7 Å². The van der Waals surface area contributed by atoms with E-state index in [1.807, 2.05) is 6.07 Å². The molecule has 2 rings (SSSR count). The van der Waals surface area contributed by atoms with Gasteiger partial charge < -0.3 is 5.73 Å². The molecule has 0 radical (unpaired) electrons. The molecule has 4 heteroatoms. The van der Waals surface area contributed by atoms with Gasteiger partial charge in [0, 0.05) is 17.1 Å². The smallest absolute Gasteiger partial charge is 0.124 e. The molecular formula is C15H22BrFN2. The van der Waals surface area contributed by atoms with E-state index in [0.717, 1.165) is 29.7 Å². The van der Waals surface area contributed by atoms with Crippen LogP contribution in [0.3, 0.4) is 0 Å². The zero-order valence-corrected chi connectivity index (χ0v) is 13.0. The third-order valence-electron chi connectivity index (χ3n) is 4.10. The Morgan fingerprint density at radius 1 is 1.37 bits per heavy atom. The number of rotatable bonds is 5. The van der Waals surface area contributed by atoms with Gasteiger partial charge in [-0.15, -0.1) is 0 Å². The van der Waals surface area contributed by atoms with Gasteiger partial charge in [-0.3, -0.25) is 4.90 Å². The van der Waals surface area contributed by atoms with Crippen molar-refractivity contribution in [3.63, 3.8) is 0 Å². The van der Waals surface area contributed by atoms with Crippen molar-refractivity contribution in [3.8, 4) is 0 Å². The van der Waals surface area contributed by atoms with Crippen LogP contribution >= 0.6 is 15.9 Å². The van der Waals surface area contributed by atoms with E-state index < -0.39 is 0 Å². The average Bonchev–Trinajstić information content (AvgIpc) is 2.82. The normalized spacial score (nSPS) is 23.2. The highest BCUT2D eigenvalue weighted by Crippen LogP contribution is 2.30. The van der Waals surface area contributed by atoms with Crippen molar-refractivity contribution < 1.29 is 4.39 Å². The highest BCUT2D eigenvalue weighted by atomic mass is 79.9. The first-order valence-corrected chi connectivity index (χ1v) is 7.82. The standard InChI is InChI=1S/C15H22BrFN2/c1-2-19(15-5-3-4-12(15)9-18)10-11-6-13(16)8-14(17)7-11/h6-8,12,15H,2-5,9-10,18H2,1H3. The molecule has 0 heterocycles. The summed E-state index contributed by atoms with van der Waals surface area (Å²) in [5.41, 5.74) is 6.89. The van der Waals surface area contributed by atoms with Gasteiger partial charge in [-0.2, -0.15) is 0 Å². The Labute approximate surface area is 123 Å². The molecule has 106 valence electrons. The Kier molecular flexibility index (Phi) is 5.37. The summed E-state index contributed by atoms with van der Waals surface area (Å²) < 4.78 is 14.2. The summed E-state index contributed by atoms with van der Waals surface area (Å²) in [7, 11) is 0. The number of nitrogens with zero attached hydrogens (tertiary/aromatic N) is 1. The summed E-state index contributed by atoms with van der Waals surface area (Å²) in [6.07, 6.45) is 3.70. The first-order valence-electron chi connectivity index (χ1n) is 7.03. The van der Waals surface area contributed by atoms with Crippen LogP contribution in [0.15, 0.2) is 22.7 Å². The van der Waals surface area contributed by atoms with Gasteiger partial charge in [0.25, 0.3) is 0 Å². The quantitative estimate of drug-likeness (QED) is 0.895. The first kappa shape index (κ1) is 14.9. The predicted octanol–water partition coefficient (Wildman–Crippen LogP) is 3.54. The topological polar surface area (TPSA) is 29.3 Å². The summed E-state index contributed by atoms with van der Waals surface area (Å²) >= 11 is 3.36. The highest BCUT2D eigenvalue weighted by molar-refractivity contribution is 9.10. The molecule has 0 amide bonds. The van der Waals surface area contributed by atoms with E-state index >= 15 is 0 Å². The van der Waals surface area contributed by atoms with Gasteiger partial charge in [0.05, 0.1) is 0 Å². The molecule has 0 saturated heterocycles. The molecule has 1 aliphatic rings. The summed E-state index contributed by atoms with van der Waals surface area (Å²) in [5.74, 6) is 0.416. The lowest BCUT2D eigenvalue weighted by Crippen LogP contribution is -2.39. The van der Waals surface area contributed by atoms with E-state index in [4.69, 9.17) is 5.73 Å². The van der Waals surface area contributed by atoms with Crippen molar-refractivity contribution >= 4 is 15.9 Å². The second-order valence-corrected chi connectivity index (χ2v) is 6.25. The molecule has 2 nitrogen and oxygen atoms in total. The summed E-state index contributed by atoms with van der Waals surface area (Å²) in [4.78, 5) is 2.44. The SMILES string of the molecule is CCN(Cc1cc(F)cc(Br)c1)C1CCCC1CN. The summed E-state index contributed by atoms with van der Waals surface area (Å²) in [6, 6.07) is 5.67. The van der Waals surface area contributed by atoms with E-state index in [1.54, 1.807) is 6.07 Å². The van der Waals surface area contributed by atoms with Crippen molar-refractivity contribution in [1.29, 1.82) is 0 Å². The van der Waals surface area contributed by atoms with Gasteiger partial charge in [-0.1, -0.05) is 29.3 Å². The molecule has 2 N–H and O–H groups in total. The average molecular weight is 329 g/mol. The highest BCUT2D eigenvalue weighted by Gasteiger charge is 2.30. The van der Waals surface area contributed by atoms with Crippen LogP contribution in [0.25, 0.3) is 0 Å². The van der Waals surface area contributed by atoms with Crippen LogP contribution < -0.4 is 5.73 Å². The maximum Gasteiger partial charge on any atom is 0.124 e. The molecule has 1 saturated carbocycles. The summed E-state index contributed by atoms with van der Waals surface area (Å²) in [5, 5.41) is 0. The van der Waals surface area contributed by atoms with Crippen LogP contribution in [-0.2, 0) is 6.54 Å². The predicted molar refractivity (Wildman–Crippen MR) is 80.4 cm³/mol. The van der Waals surface area contributed by atoms with Gasteiger partial charge in [0.15, 0.2) is 0 Å². The minimum atomic E-state index is -0.178. The largest absolute Gasteiger partial charge is 0.330 e. The Balaban J connectivity index is 2.10. The Morgan fingerprint density at radius 3 is 2.79 bits per heavy atom. The van der Waals surface area contributed by atoms with Crippen molar-refractivity contribution in [3.05, 3.63) is 34.1 Å². The maximum atomic E-state index is 13.4. The zero-order chi connectivity index (χ0) is 13.8. The lowest BCUT2D eigenvalue weighted by atomic mass is 10.0. The molecule has 0 bridgehead atoms. The molecule has 1 aliphatic carbocycles. The number of hydrogen-bond acceptors (Lipinski definition) is 2. The Bertz CT molecular complexity index is 404. The number of benzene rings is 1. The third-order valence-corrected chi connectivity index (χ3v) is 4.56. The van der Waals surface area contributed by atoms with Crippen LogP contribution in [0.2, 0.25) is 0 Å². The van der Waals surface area contributed by atoms with Gasteiger partial charge in [-0.05, 0) is 55.6 Å². The van der Waals surface area contributed by atoms with E-state index in [-0.39, 0.29) is 5.82 Å². The minimum absolute atomic E-state index is 0.178. The van der Waals surface area contributed by atoms with Crippen molar-refractivity contribution in [2.75, 3.05) is 13.1 Å². The van der Waals surface area contributed by atoms with E-state index in [0.29, 0.717) is 12.0 Å². The molecular weight excluding hydrogens is 307 g/mol. The zero-order valence-electron chi connectivity index (χ0n) is 11.4. The lowest BCUT2D eigenvalue weighted by Gasteiger charge is -2.31. The fourth-order valence-electron chi connectivity index (χ4n) is 3.17. The minimum Gasteiger partial charge on any atom is -0.330 e. The number of hydrogen-bond donors (Lipinski definition) is 1. The molecule has 2 atom stereocenters. The maximum absolute atomic E-state index is 13.4. The van der Waals surface area contributed by atoms with Gasteiger partial charge in [0.1, 0.15) is 5.82 Å². The number of nitrogens with two attached hydrogens (primary N) is 1. The molecule has 0 spiro atoms. The van der Waals surface area contributed by atoms with Crippen molar-refractivity contribution in [1.82, 2.24) is 4.90 Å². The Hall–Kier alpha value is -0.450. The van der Waals surface area contributed by atoms with Crippen LogP contribution in [0, 0.1) is 11.7 Å². The van der Waals surface area contributed by atoms with Crippen LogP contribution in [0.1, 0.15) is 31.7 Å². The third kappa shape index (κ3) is 3.77. The van der Waals surface area contributed by atoms with Crippen LogP contribution in [0.4, 0.5) is 4.39 Å². The lowest BCUT2D eigenvalue weighted by molar-refractivity contribution is 0.162. The van der Waals surface area contributed by atoms with Crippen LogP contribution in [-0.4, -0.2) is 24.0 Å². The summed E-state index contributed by atoms with van der Waals surface area (Å²) in [6.45, 7) is 4.71.